The lowest BCUT2D eigenvalue weighted by atomic mass is 9.97. The van der Waals surface area contributed by atoms with E-state index in [2.05, 4.69) is 23.9 Å². The van der Waals surface area contributed by atoms with Crippen LogP contribution in [0.3, 0.4) is 0 Å². The van der Waals surface area contributed by atoms with Gasteiger partial charge < -0.3 is 10.9 Å². The average molecular weight is 185 g/mol. The van der Waals surface area contributed by atoms with E-state index in [0.717, 1.165) is 0 Å². The van der Waals surface area contributed by atoms with Crippen LogP contribution in [0.15, 0.2) is 5.16 Å². The van der Waals surface area contributed by atoms with Gasteiger partial charge in [-0.2, -0.15) is 0 Å². The van der Waals surface area contributed by atoms with Crippen LogP contribution in [0.25, 0.3) is 0 Å². The summed E-state index contributed by atoms with van der Waals surface area (Å²) in [6.45, 7) is 4.97. The van der Waals surface area contributed by atoms with Crippen molar-refractivity contribution in [3.05, 3.63) is 0 Å². The lowest BCUT2D eigenvalue weighted by Crippen LogP contribution is -2.47. The fourth-order valence-corrected chi connectivity index (χ4v) is 2.01. The maximum Gasteiger partial charge on any atom is 0.153 e. The number of nitrogens with zero attached hydrogens (tertiary/aromatic N) is 2. The number of hydrogen-bond donors (Lipinski definition) is 2. The van der Waals surface area contributed by atoms with E-state index in [4.69, 9.17) is 10.9 Å². The van der Waals surface area contributed by atoms with Crippen LogP contribution in [0, 0.1) is 0 Å². The molecule has 0 aromatic rings. The summed E-state index contributed by atoms with van der Waals surface area (Å²) in [5, 5.41) is 11.5. The van der Waals surface area contributed by atoms with Crippen molar-refractivity contribution in [2.75, 3.05) is 6.54 Å². The maximum absolute atomic E-state index is 8.47. The average Bonchev–Trinajstić information content (AvgIpc) is 2.11. The molecule has 1 fully saturated rings. The number of nitrogens with two attached hydrogens (primary N) is 1. The van der Waals surface area contributed by atoms with Gasteiger partial charge in [-0.15, -0.1) is 0 Å². The van der Waals surface area contributed by atoms with E-state index in [1.165, 1.54) is 19.3 Å². The Morgan fingerprint density at radius 3 is 2.46 bits per heavy atom. The van der Waals surface area contributed by atoms with Crippen molar-refractivity contribution < 1.29 is 5.21 Å². The molecule has 0 radical (unpaired) electrons. The predicted molar refractivity (Wildman–Crippen MR) is 52.9 cm³/mol. The number of amidine groups is 1. The largest absolute Gasteiger partial charge is 0.409 e. The fourth-order valence-electron chi connectivity index (χ4n) is 2.01. The lowest BCUT2D eigenvalue weighted by Gasteiger charge is -2.38. The van der Waals surface area contributed by atoms with Crippen molar-refractivity contribution in [1.82, 2.24) is 4.90 Å². The Hall–Kier alpha value is -0.770. The van der Waals surface area contributed by atoms with Gasteiger partial charge in [0.05, 0.1) is 6.54 Å². The van der Waals surface area contributed by atoms with Crippen molar-refractivity contribution in [2.45, 2.75) is 45.2 Å². The highest BCUT2D eigenvalue weighted by Gasteiger charge is 2.24. The summed E-state index contributed by atoms with van der Waals surface area (Å²) >= 11 is 0. The van der Waals surface area contributed by atoms with Crippen molar-refractivity contribution in [2.24, 2.45) is 10.9 Å². The molecule has 1 aliphatic rings. The Morgan fingerprint density at radius 2 is 2.00 bits per heavy atom. The minimum absolute atomic E-state index is 0.306. The zero-order valence-electron chi connectivity index (χ0n) is 8.40. The van der Waals surface area contributed by atoms with Gasteiger partial charge in [0, 0.05) is 12.1 Å². The van der Waals surface area contributed by atoms with E-state index >= 15 is 0 Å². The van der Waals surface area contributed by atoms with E-state index in [0.29, 0.717) is 24.5 Å². The van der Waals surface area contributed by atoms with Crippen LogP contribution in [0.2, 0.25) is 0 Å². The number of rotatable bonds is 2. The molecular formula is C9H19N3O. The molecule has 76 valence electrons. The topological polar surface area (TPSA) is 61.8 Å². The van der Waals surface area contributed by atoms with Gasteiger partial charge in [-0.3, -0.25) is 4.90 Å². The van der Waals surface area contributed by atoms with Gasteiger partial charge >= 0.3 is 0 Å². The molecule has 0 unspecified atom stereocenters. The van der Waals surface area contributed by atoms with Crippen LogP contribution in [0.1, 0.15) is 33.1 Å². The summed E-state index contributed by atoms with van der Waals surface area (Å²) in [7, 11) is 0. The van der Waals surface area contributed by atoms with E-state index in [-0.39, 0.29) is 0 Å². The zero-order chi connectivity index (χ0) is 9.84. The first-order chi connectivity index (χ1) is 6.15. The van der Waals surface area contributed by atoms with E-state index in [9.17, 15) is 0 Å². The highest BCUT2D eigenvalue weighted by atomic mass is 16.4. The molecular weight excluding hydrogens is 166 g/mol. The first-order valence-corrected chi connectivity index (χ1v) is 4.87. The van der Waals surface area contributed by atoms with Crippen LogP contribution < -0.4 is 5.73 Å². The third kappa shape index (κ3) is 2.59. The molecule has 1 heterocycles. The van der Waals surface area contributed by atoms with Crippen molar-refractivity contribution in [1.29, 1.82) is 0 Å². The second kappa shape index (κ2) is 4.46. The summed E-state index contributed by atoms with van der Waals surface area (Å²) in [6, 6.07) is 1.09. The normalized spacial score (nSPS) is 32.0. The molecule has 3 N–H and O–H groups in total. The zero-order valence-corrected chi connectivity index (χ0v) is 8.40. The molecule has 0 amide bonds. The SMILES string of the molecule is C[C@@H]1CCC[C@H](C)N1CC(N)=NO. The molecule has 0 bridgehead atoms. The molecule has 2 atom stereocenters. The number of hydrogen-bond acceptors (Lipinski definition) is 3. The summed E-state index contributed by atoms with van der Waals surface area (Å²) in [4.78, 5) is 2.29. The molecule has 0 aliphatic carbocycles. The van der Waals surface area contributed by atoms with Crippen LogP contribution in [-0.4, -0.2) is 34.6 Å². The summed E-state index contributed by atoms with van der Waals surface area (Å²) in [6.07, 6.45) is 3.71. The number of oxime groups is 1. The van der Waals surface area contributed by atoms with Crippen molar-refractivity contribution in [3.8, 4) is 0 Å². The highest BCUT2D eigenvalue weighted by Crippen LogP contribution is 2.21. The first-order valence-electron chi connectivity index (χ1n) is 4.87. The van der Waals surface area contributed by atoms with Gasteiger partial charge in [-0.25, -0.2) is 0 Å². The Balaban J connectivity index is 2.53. The molecule has 4 heteroatoms. The lowest BCUT2D eigenvalue weighted by molar-refractivity contribution is 0.122. The first kappa shape index (κ1) is 10.3. The highest BCUT2D eigenvalue weighted by molar-refractivity contribution is 5.81. The molecule has 1 aliphatic heterocycles. The van der Waals surface area contributed by atoms with Gasteiger partial charge in [0.1, 0.15) is 0 Å². The Bertz CT molecular complexity index is 183. The van der Waals surface area contributed by atoms with E-state index in [1.54, 1.807) is 0 Å². The summed E-state index contributed by atoms with van der Waals surface area (Å²) in [5.74, 6) is 0.306. The smallest absolute Gasteiger partial charge is 0.153 e. The van der Waals surface area contributed by atoms with Gasteiger partial charge in [-0.1, -0.05) is 11.6 Å². The molecule has 1 saturated heterocycles. The van der Waals surface area contributed by atoms with Crippen molar-refractivity contribution >= 4 is 5.84 Å². The molecule has 0 saturated carbocycles. The molecule has 1 rings (SSSR count). The Morgan fingerprint density at radius 1 is 1.46 bits per heavy atom. The van der Waals surface area contributed by atoms with Crippen LogP contribution in [0.4, 0.5) is 0 Å². The van der Waals surface area contributed by atoms with E-state index < -0.39 is 0 Å². The van der Waals surface area contributed by atoms with Crippen LogP contribution in [0.5, 0.6) is 0 Å². The third-order valence-corrected chi connectivity index (χ3v) is 2.85. The predicted octanol–water partition coefficient (Wildman–Crippen LogP) is 0.996. The van der Waals surface area contributed by atoms with Crippen LogP contribution in [-0.2, 0) is 0 Å². The minimum atomic E-state index is 0.306. The maximum atomic E-state index is 8.47. The second-order valence-corrected chi connectivity index (χ2v) is 3.89. The van der Waals surface area contributed by atoms with Crippen molar-refractivity contribution in [3.63, 3.8) is 0 Å². The van der Waals surface area contributed by atoms with Gasteiger partial charge in [0.15, 0.2) is 5.84 Å². The standard InChI is InChI=1S/C9H19N3O/c1-7-4-3-5-8(2)12(7)6-9(10)11-13/h7-8,13H,3-6H2,1-2H3,(H2,10,11)/t7-,8+. The van der Waals surface area contributed by atoms with Gasteiger partial charge in [0.2, 0.25) is 0 Å². The molecule has 0 aromatic heterocycles. The van der Waals surface area contributed by atoms with Crippen LogP contribution >= 0.6 is 0 Å². The Labute approximate surface area is 79.4 Å². The Kier molecular flexibility index (Phi) is 3.54. The van der Waals surface area contributed by atoms with Gasteiger partial charge in [0.25, 0.3) is 0 Å². The fraction of sp³-hybridized carbons (Fsp3) is 0.889. The quantitative estimate of drug-likeness (QED) is 0.292. The number of likely N-dealkylation sites (tertiary alicyclic amines) is 1. The number of piperidine rings is 1. The molecule has 0 spiro atoms. The third-order valence-electron chi connectivity index (χ3n) is 2.85. The second-order valence-electron chi connectivity index (χ2n) is 3.89. The van der Waals surface area contributed by atoms with Gasteiger partial charge in [-0.05, 0) is 26.7 Å². The summed E-state index contributed by atoms with van der Waals surface area (Å²) in [5.41, 5.74) is 5.49. The molecule has 13 heavy (non-hydrogen) atoms. The summed E-state index contributed by atoms with van der Waals surface area (Å²) < 4.78 is 0. The van der Waals surface area contributed by atoms with E-state index in [1.807, 2.05) is 0 Å². The minimum Gasteiger partial charge on any atom is -0.409 e. The molecule has 0 aromatic carbocycles. The molecule has 4 nitrogen and oxygen atoms in total. The monoisotopic (exact) mass is 185 g/mol.